The van der Waals surface area contributed by atoms with E-state index in [1.54, 1.807) is 18.9 Å². The first-order valence-corrected chi connectivity index (χ1v) is 11.0. The Balaban J connectivity index is 1.26. The third-order valence-corrected chi connectivity index (χ3v) is 7.12. The highest BCUT2D eigenvalue weighted by atomic mass is 16.7. The van der Waals surface area contributed by atoms with Crippen molar-refractivity contribution in [2.45, 2.75) is 37.6 Å². The van der Waals surface area contributed by atoms with Crippen molar-refractivity contribution < 1.29 is 23.9 Å². The second kappa shape index (κ2) is 7.60. The Kier molecular flexibility index (Phi) is 4.98. The fourth-order valence-electron chi connectivity index (χ4n) is 4.93. The summed E-state index contributed by atoms with van der Waals surface area (Å²) in [6.07, 6.45) is 1.26. The number of carbonyl (C=O) groups is 3. The van der Waals surface area contributed by atoms with E-state index in [1.165, 1.54) is 4.90 Å². The monoisotopic (exact) mass is 440 g/mol. The molecule has 0 saturated carbocycles. The van der Waals surface area contributed by atoms with Gasteiger partial charge >= 0.3 is 0 Å². The summed E-state index contributed by atoms with van der Waals surface area (Å²) in [5.74, 6) is -1.25. The Labute approximate surface area is 186 Å². The van der Waals surface area contributed by atoms with Crippen LogP contribution in [-0.4, -0.2) is 83.3 Å². The molecule has 0 radical (unpaired) electrons. The maximum absolute atomic E-state index is 13.2. The van der Waals surface area contributed by atoms with Gasteiger partial charge in [-0.2, -0.15) is 0 Å². The van der Waals surface area contributed by atoms with Crippen LogP contribution in [0.15, 0.2) is 30.3 Å². The van der Waals surface area contributed by atoms with E-state index in [0.29, 0.717) is 51.4 Å². The Bertz CT molecular complexity index is 1080. The summed E-state index contributed by atoms with van der Waals surface area (Å²) in [5, 5.41) is 3.73. The zero-order valence-electron chi connectivity index (χ0n) is 18.4. The van der Waals surface area contributed by atoms with E-state index in [1.807, 2.05) is 34.9 Å². The number of amides is 3. The molecule has 9 nitrogen and oxygen atoms in total. The number of nitrogens with zero attached hydrogens (tertiary/aromatic N) is 3. The molecule has 4 heterocycles. The molecule has 2 aromatic rings. The molecule has 2 fully saturated rings. The van der Waals surface area contributed by atoms with Crippen molar-refractivity contribution in [3.63, 3.8) is 0 Å². The van der Waals surface area contributed by atoms with Crippen LogP contribution >= 0.6 is 0 Å². The van der Waals surface area contributed by atoms with Crippen LogP contribution in [0, 0.1) is 0 Å². The Morgan fingerprint density at radius 1 is 1.12 bits per heavy atom. The lowest BCUT2D eigenvalue weighted by Crippen LogP contribution is -2.63. The van der Waals surface area contributed by atoms with Crippen molar-refractivity contribution in [3.8, 4) is 0 Å². The van der Waals surface area contributed by atoms with Crippen molar-refractivity contribution in [2.24, 2.45) is 0 Å². The normalized spacial score (nSPS) is 24.8. The maximum atomic E-state index is 13.2. The number of fused-ring (bicyclic) bond motifs is 3. The first kappa shape index (κ1) is 21.0. The maximum Gasteiger partial charge on any atom is 0.271 e. The van der Waals surface area contributed by atoms with Gasteiger partial charge < -0.3 is 29.2 Å². The number of nitrogens with one attached hydrogen (secondary N) is 1. The van der Waals surface area contributed by atoms with Gasteiger partial charge in [0.15, 0.2) is 5.79 Å². The van der Waals surface area contributed by atoms with Gasteiger partial charge in [-0.25, -0.2) is 0 Å². The zero-order valence-corrected chi connectivity index (χ0v) is 18.4. The molecule has 0 aliphatic carbocycles. The van der Waals surface area contributed by atoms with Gasteiger partial charge in [-0.1, -0.05) is 18.2 Å². The molecule has 3 aliphatic heterocycles. The van der Waals surface area contributed by atoms with E-state index >= 15 is 0 Å². The number of likely N-dealkylation sites (tertiary alicyclic amines) is 1. The van der Waals surface area contributed by atoms with Gasteiger partial charge in [-0.15, -0.1) is 0 Å². The Morgan fingerprint density at radius 3 is 2.53 bits per heavy atom. The number of aromatic nitrogens is 1. The van der Waals surface area contributed by atoms with Gasteiger partial charge in [-0.3, -0.25) is 14.4 Å². The van der Waals surface area contributed by atoms with E-state index in [9.17, 15) is 14.4 Å². The predicted molar refractivity (Wildman–Crippen MR) is 116 cm³/mol. The minimum Gasteiger partial charge on any atom is -0.347 e. The van der Waals surface area contributed by atoms with E-state index in [-0.39, 0.29) is 24.3 Å². The first-order chi connectivity index (χ1) is 15.3. The van der Waals surface area contributed by atoms with Crippen molar-refractivity contribution >= 4 is 28.6 Å². The number of carbonyl (C=O) groups excluding carboxylic acids is 3. The third kappa shape index (κ3) is 3.27. The third-order valence-electron chi connectivity index (χ3n) is 7.12. The highest BCUT2D eigenvalue weighted by Gasteiger charge is 2.46. The molecule has 32 heavy (non-hydrogen) atoms. The molecule has 5 rings (SSSR count). The summed E-state index contributed by atoms with van der Waals surface area (Å²) >= 11 is 0. The largest absolute Gasteiger partial charge is 0.347 e. The average molecular weight is 441 g/mol. The van der Waals surface area contributed by atoms with Crippen LogP contribution in [0.3, 0.4) is 0 Å². The number of piperidine rings is 1. The number of hydrogen-bond acceptors (Lipinski definition) is 5. The molecule has 1 aromatic carbocycles. The standard InChI is InChI=1S/C23H28N4O5/c1-22(15-27-17-6-4-3-5-16(17)13-18(27)20(29)25(22)2)21(30)24-14-19(28)26-9-7-23(8-10-26)31-11-12-32-23/h3-6,13H,7-12,14-15H2,1-2H3,(H,24,30). The second-order valence-electron chi connectivity index (χ2n) is 8.98. The number of rotatable bonds is 3. The molecule has 1 N–H and O–H groups in total. The highest BCUT2D eigenvalue weighted by molar-refractivity contribution is 6.03. The van der Waals surface area contributed by atoms with Gasteiger partial charge in [0.1, 0.15) is 11.2 Å². The Morgan fingerprint density at radius 2 is 1.81 bits per heavy atom. The van der Waals surface area contributed by atoms with Crippen molar-refractivity contribution in [1.29, 1.82) is 0 Å². The molecular weight excluding hydrogens is 412 g/mol. The molecule has 3 amide bonds. The molecule has 1 spiro atoms. The molecule has 0 bridgehead atoms. The molecule has 1 aromatic heterocycles. The summed E-state index contributed by atoms with van der Waals surface area (Å²) in [4.78, 5) is 42.2. The molecule has 2 saturated heterocycles. The topological polar surface area (TPSA) is 93.1 Å². The molecule has 170 valence electrons. The van der Waals surface area contributed by atoms with Crippen LogP contribution in [0.2, 0.25) is 0 Å². The van der Waals surface area contributed by atoms with Crippen LogP contribution in [0.4, 0.5) is 0 Å². The predicted octanol–water partition coefficient (Wildman–Crippen LogP) is 0.967. The van der Waals surface area contributed by atoms with E-state index in [2.05, 4.69) is 5.32 Å². The Hall–Kier alpha value is -2.91. The van der Waals surface area contributed by atoms with Gasteiger partial charge in [0, 0.05) is 43.9 Å². The first-order valence-electron chi connectivity index (χ1n) is 11.0. The number of para-hydroxylation sites is 1. The van der Waals surface area contributed by atoms with Crippen LogP contribution in [0.5, 0.6) is 0 Å². The van der Waals surface area contributed by atoms with Crippen molar-refractivity contribution in [2.75, 3.05) is 39.9 Å². The minimum atomic E-state index is -1.11. The fourth-order valence-corrected chi connectivity index (χ4v) is 4.93. The second-order valence-corrected chi connectivity index (χ2v) is 8.98. The quantitative estimate of drug-likeness (QED) is 0.768. The van der Waals surface area contributed by atoms with E-state index < -0.39 is 11.3 Å². The molecular formula is C23H28N4O5. The van der Waals surface area contributed by atoms with Gasteiger partial charge in [0.2, 0.25) is 11.8 Å². The highest BCUT2D eigenvalue weighted by Crippen LogP contribution is 2.32. The van der Waals surface area contributed by atoms with Crippen LogP contribution in [-0.2, 0) is 25.6 Å². The summed E-state index contributed by atoms with van der Waals surface area (Å²) in [7, 11) is 1.64. The summed E-state index contributed by atoms with van der Waals surface area (Å²) in [6.45, 7) is 4.19. The zero-order chi connectivity index (χ0) is 22.5. The average Bonchev–Trinajstić information content (AvgIpc) is 3.41. The summed E-state index contributed by atoms with van der Waals surface area (Å²) in [6, 6.07) is 9.59. The lowest BCUT2D eigenvalue weighted by Gasteiger charge is -2.42. The van der Waals surface area contributed by atoms with Crippen LogP contribution in [0.25, 0.3) is 10.9 Å². The van der Waals surface area contributed by atoms with Crippen molar-refractivity contribution in [1.82, 2.24) is 19.7 Å². The lowest BCUT2D eigenvalue weighted by molar-refractivity contribution is -0.187. The smallest absolute Gasteiger partial charge is 0.271 e. The fraction of sp³-hybridized carbons (Fsp3) is 0.522. The van der Waals surface area contributed by atoms with Crippen LogP contribution < -0.4 is 5.32 Å². The molecule has 1 unspecified atom stereocenters. The molecule has 9 heteroatoms. The molecule has 1 atom stereocenters. The van der Waals surface area contributed by atoms with Crippen molar-refractivity contribution in [3.05, 3.63) is 36.0 Å². The summed E-state index contributed by atoms with van der Waals surface area (Å²) in [5.41, 5.74) is 0.371. The van der Waals surface area contributed by atoms with Gasteiger partial charge in [0.05, 0.1) is 26.3 Å². The van der Waals surface area contributed by atoms with E-state index in [4.69, 9.17) is 9.47 Å². The lowest BCUT2D eigenvalue weighted by atomic mass is 9.95. The van der Waals surface area contributed by atoms with Crippen LogP contribution in [0.1, 0.15) is 30.3 Å². The van der Waals surface area contributed by atoms with E-state index in [0.717, 1.165) is 10.9 Å². The summed E-state index contributed by atoms with van der Waals surface area (Å²) < 4.78 is 13.3. The van der Waals surface area contributed by atoms with Gasteiger partial charge in [-0.05, 0) is 19.1 Å². The minimum absolute atomic E-state index is 0.107. The van der Waals surface area contributed by atoms with Gasteiger partial charge in [0.25, 0.3) is 5.91 Å². The molecule has 3 aliphatic rings. The number of likely N-dealkylation sites (N-methyl/N-ethyl adjacent to an activating group) is 1. The number of ether oxygens (including phenoxy) is 2. The SMILES string of the molecule is CN1C(=O)c2cc3ccccc3n2CC1(C)C(=O)NCC(=O)N1CCC2(CC1)OCCO2. The number of hydrogen-bond donors (Lipinski definition) is 1. The number of benzene rings is 1.